The highest BCUT2D eigenvalue weighted by Crippen LogP contribution is 2.43. The summed E-state index contributed by atoms with van der Waals surface area (Å²) in [6, 6.07) is 16.7. The largest absolute Gasteiger partial charge is 0.416 e. The van der Waals surface area contributed by atoms with Gasteiger partial charge in [-0.3, -0.25) is 4.79 Å². The van der Waals surface area contributed by atoms with Gasteiger partial charge in [0.25, 0.3) is 0 Å². The molecule has 2 aromatic carbocycles. The van der Waals surface area contributed by atoms with Gasteiger partial charge in [0.05, 0.1) is 22.9 Å². The minimum Gasteiger partial charge on any atom is -0.358 e. The number of carbonyl (C=O) groups excluding carboxylic acids is 1. The molecular formula is C28H29F3N4O. The number of hydrogen-bond donors (Lipinski definition) is 1. The molecule has 4 aromatic rings. The van der Waals surface area contributed by atoms with Crippen LogP contribution in [0, 0.1) is 0 Å². The molecule has 2 aromatic heterocycles. The average molecular weight is 495 g/mol. The molecule has 2 unspecified atom stereocenters. The van der Waals surface area contributed by atoms with Crippen LogP contribution in [-0.2, 0) is 16.4 Å². The summed E-state index contributed by atoms with van der Waals surface area (Å²) < 4.78 is 40.8. The van der Waals surface area contributed by atoms with Gasteiger partial charge in [-0.15, -0.1) is 0 Å². The molecule has 188 valence electrons. The lowest BCUT2D eigenvalue weighted by Gasteiger charge is -2.37. The molecule has 2 heterocycles. The summed E-state index contributed by atoms with van der Waals surface area (Å²) in [4.78, 5) is 18.1. The highest BCUT2D eigenvalue weighted by Gasteiger charge is 2.45. The van der Waals surface area contributed by atoms with Crippen molar-refractivity contribution >= 4 is 11.6 Å². The maximum atomic E-state index is 13.6. The van der Waals surface area contributed by atoms with Crippen molar-refractivity contribution in [3.05, 3.63) is 89.9 Å². The highest BCUT2D eigenvalue weighted by atomic mass is 19.4. The van der Waals surface area contributed by atoms with Gasteiger partial charge in [0.1, 0.15) is 0 Å². The van der Waals surface area contributed by atoms with Crippen LogP contribution < -0.4 is 5.32 Å². The number of nitrogens with zero attached hydrogens (tertiary/aromatic N) is 3. The van der Waals surface area contributed by atoms with E-state index in [1.807, 2.05) is 37.3 Å². The van der Waals surface area contributed by atoms with Crippen molar-refractivity contribution in [2.24, 2.45) is 0 Å². The van der Waals surface area contributed by atoms with Crippen LogP contribution in [0.5, 0.6) is 0 Å². The first-order valence-electron chi connectivity index (χ1n) is 12.0. The Morgan fingerprint density at radius 1 is 1.06 bits per heavy atom. The summed E-state index contributed by atoms with van der Waals surface area (Å²) in [5, 5.41) is 7.40. The number of halogens is 3. The number of aromatic nitrogens is 3. The van der Waals surface area contributed by atoms with Crippen molar-refractivity contribution in [2.45, 2.75) is 50.6 Å². The number of likely N-dealkylation sites (N-methyl/N-ethyl adjacent to an activating group) is 1. The normalized spacial score (nSPS) is 14.4. The Kier molecular flexibility index (Phi) is 7.15. The Bertz CT molecular complexity index is 1330. The van der Waals surface area contributed by atoms with E-state index in [1.54, 1.807) is 30.0 Å². The molecular weight excluding hydrogens is 465 g/mol. The van der Waals surface area contributed by atoms with Crippen molar-refractivity contribution in [1.29, 1.82) is 0 Å². The van der Waals surface area contributed by atoms with Crippen LogP contribution in [0.1, 0.15) is 55.8 Å². The number of unbranched alkanes of at least 4 members (excludes halogenated alkanes) is 1. The molecule has 2 atom stereocenters. The maximum absolute atomic E-state index is 13.6. The Morgan fingerprint density at radius 2 is 1.75 bits per heavy atom. The Hall–Kier alpha value is -3.68. The Balaban J connectivity index is 1.88. The van der Waals surface area contributed by atoms with Crippen molar-refractivity contribution in [3.63, 3.8) is 0 Å². The molecule has 8 heteroatoms. The molecule has 0 saturated carbocycles. The summed E-state index contributed by atoms with van der Waals surface area (Å²) in [5.74, 6) is -0.283. The van der Waals surface area contributed by atoms with Gasteiger partial charge in [0.2, 0.25) is 5.91 Å². The third-order valence-corrected chi connectivity index (χ3v) is 6.90. The predicted octanol–water partition coefficient (Wildman–Crippen LogP) is 6.39. The molecule has 0 radical (unpaired) electrons. The summed E-state index contributed by atoms with van der Waals surface area (Å²) in [5.41, 5.74) is 1.64. The van der Waals surface area contributed by atoms with Gasteiger partial charge < -0.3 is 5.32 Å². The number of nitrogens with one attached hydrogen (secondary N) is 1. The fourth-order valence-corrected chi connectivity index (χ4v) is 4.92. The van der Waals surface area contributed by atoms with Gasteiger partial charge in [-0.1, -0.05) is 62.2 Å². The maximum Gasteiger partial charge on any atom is 0.416 e. The van der Waals surface area contributed by atoms with Gasteiger partial charge >= 0.3 is 6.18 Å². The summed E-state index contributed by atoms with van der Waals surface area (Å²) >= 11 is 0. The third kappa shape index (κ3) is 4.59. The zero-order chi connectivity index (χ0) is 25.9. The number of fused-ring (bicyclic) bond motifs is 1. The van der Waals surface area contributed by atoms with Crippen molar-refractivity contribution < 1.29 is 18.0 Å². The molecule has 0 saturated heterocycles. The lowest BCUT2D eigenvalue weighted by molar-refractivity contribution is -0.137. The predicted molar refractivity (Wildman–Crippen MR) is 134 cm³/mol. The van der Waals surface area contributed by atoms with Crippen molar-refractivity contribution in [1.82, 2.24) is 19.9 Å². The fraction of sp³-hybridized carbons (Fsp3) is 0.321. The molecule has 4 rings (SSSR count). The molecule has 5 nitrogen and oxygen atoms in total. The van der Waals surface area contributed by atoms with Crippen LogP contribution in [0.2, 0.25) is 0 Å². The molecule has 1 amide bonds. The number of hydrogen-bond acceptors (Lipinski definition) is 3. The molecule has 1 N–H and O–H groups in total. The number of benzene rings is 2. The fourth-order valence-electron chi connectivity index (χ4n) is 4.92. The molecule has 0 aliphatic carbocycles. The first-order valence-corrected chi connectivity index (χ1v) is 12.0. The number of amides is 1. The topological polar surface area (TPSA) is 59.3 Å². The van der Waals surface area contributed by atoms with E-state index < -0.39 is 17.2 Å². The van der Waals surface area contributed by atoms with Gasteiger partial charge in [-0.25, -0.2) is 9.50 Å². The first-order chi connectivity index (χ1) is 17.2. The van der Waals surface area contributed by atoms with E-state index >= 15 is 0 Å². The lowest BCUT2D eigenvalue weighted by Crippen LogP contribution is -2.46. The van der Waals surface area contributed by atoms with E-state index in [2.05, 4.69) is 22.3 Å². The minimum atomic E-state index is -4.41. The van der Waals surface area contributed by atoms with E-state index in [1.165, 1.54) is 12.1 Å². The quantitative estimate of drug-likeness (QED) is 0.309. The molecule has 0 aliphatic heterocycles. The zero-order valence-electron chi connectivity index (χ0n) is 20.5. The number of carbonyl (C=O) groups is 1. The van der Waals surface area contributed by atoms with Crippen LogP contribution in [0.3, 0.4) is 0 Å². The summed E-state index contributed by atoms with van der Waals surface area (Å²) in [6.07, 6.45) is 1.52. The second-order valence-electron chi connectivity index (χ2n) is 9.09. The van der Waals surface area contributed by atoms with E-state index in [0.29, 0.717) is 22.5 Å². The smallest absolute Gasteiger partial charge is 0.358 e. The molecule has 0 fully saturated rings. The van der Waals surface area contributed by atoms with Gasteiger partial charge in [0.15, 0.2) is 5.65 Å². The number of rotatable bonds is 8. The van der Waals surface area contributed by atoms with Gasteiger partial charge in [0, 0.05) is 24.7 Å². The average Bonchev–Trinajstić information content (AvgIpc) is 3.32. The Morgan fingerprint density at radius 3 is 2.36 bits per heavy atom. The monoisotopic (exact) mass is 494 g/mol. The third-order valence-electron chi connectivity index (χ3n) is 6.90. The van der Waals surface area contributed by atoms with E-state index in [4.69, 9.17) is 0 Å². The zero-order valence-corrected chi connectivity index (χ0v) is 20.5. The van der Waals surface area contributed by atoms with Crippen LogP contribution in [0.25, 0.3) is 16.8 Å². The molecule has 36 heavy (non-hydrogen) atoms. The Labute approximate surface area is 208 Å². The van der Waals surface area contributed by atoms with Crippen LogP contribution in [-0.4, -0.2) is 27.6 Å². The number of alkyl halides is 3. The summed E-state index contributed by atoms with van der Waals surface area (Å²) in [6.45, 7) is 4.04. The van der Waals surface area contributed by atoms with Crippen LogP contribution in [0.15, 0.2) is 73.1 Å². The van der Waals surface area contributed by atoms with Crippen LogP contribution >= 0.6 is 0 Å². The minimum absolute atomic E-state index is 0.136. The molecule has 0 spiro atoms. The standard InChI is InChI=1S/C28H29F3N4O/c1-4-5-11-23(20-9-7-6-8-10-20)27(2,26(36)32-3)24-16-17-33-25-22(18-34-35(24)25)19-12-14-21(15-13-19)28(29,30)31/h6-10,12-18,23H,4-5,11H2,1-3H3,(H,32,36). The molecule has 0 aliphatic rings. The summed E-state index contributed by atoms with van der Waals surface area (Å²) in [7, 11) is 1.62. The van der Waals surface area contributed by atoms with Gasteiger partial charge in [-0.05, 0) is 42.7 Å². The van der Waals surface area contributed by atoms with E-state index in [9.17, 15) is 18.0 Å². The highest BCUT2D eigenvalue weighted by molar-refractivity contribution is 5.89. The van der Waals surface area contributed by atoms with E-state index in [0.717, 1.165) is 37.0 Å². The van der Waals surface area contributed by atoms with Gasteiger partial charge in [-0.2, -0.15) is 18.3 Å². The van der Waals surface area contributed by atoms with Crippen LogP contribution in [0.4, 0.5) is 13.2 Å². The van der Waals surface area contributed by atoms with E-state index in [-0.39, 0.29) is 11.8 Å². The SMILES string of the molecule is CCCCC(c1ccccc1)C(C)(C(=O)NC)c1ccnc2c(-c3ccc(C(F)(F)F)cc3)cnn12. The van der Waals surface area contributed by atoms with Crippen molar-refractivity contribution in [3.8, 4) is 11.1 Å². The second-order valence-corrected chi connectivity index (χ2v) is 9.09. The second kappa shape index (κ2) is 10.1. The first kappa shape index (κ1) is 25.4. The lowest BCUT2D eigenvalue weighted by atomic mass is 9.68. The van der Waals surface area contributed by atoms with Crippen molar-refractivity contribution in [2.75, 3.05) is 7.05 Å². The molecule has 0 bridgehead atoms.